The van der Waals surface area contributed by atoms with Crippen molar-refractivity contribution in [2.75, 3.05) is 0 Å². The third-order valence-corrected chi connectivity index (χ3v) is 4.65. The van der Waals surface area contributed by atoms with Gasteiger partial charge < -0.3 is 5.73 Å². The van der Waals surface area contributed by atoms with Crippen LogP contribution in [-0.2, 0) is 6.42 Å². The first kappa shape index (κ1) is 12.7. The second-order valence-corrected chi connectivity index (χ2v) is 6.17. The van der Waals surface area contributed by atoms with Gasteiger partial charge in [-0.2, -0.15) is 0 Å². The van der Waals surface area contributed by atoms with Crippen LogP contribution in [0.4, 0.5) is 0 Å². The van der Waals surface area contributed by atoms with Gasteiger partial charge in [0.25, 0.3) is 0 Å². The van der Waals surface area contributed by atoms with Crippen molar-refractivity contribution in [3.63, 3.8) is 0 Å². The number of halogens is 1. The molecule has 1 heterocycles. The zero-order chi connectivity index (χ0) is 12.4. The molecule has 0 spiro atoms. The Hall–Kier alpha value is -0.710. The van der Waals surface area contributed by atoms with E-state index in [0.29, 0.717) is 0 Å². The number of hydrogen-bond acceptors (Lipinski definition) is 3. The molecule has 1 atom stereocenters. The monoisotopic (exact) mass is 310 g/mol. The van der Waals surface area contributed by atoms with Crippen molar-refractivity contribution in [3.8, 4) is 0 Å². The molecular weight excluding hydrogens is 296 g/mol. The molecule has 0 fully saturated rings. The van der Waals surface area contributed by atoms with Gasteiger partial charge in [-0.05, 0) is 31.9 Å². The Morgan fingerprint density at radius 1 is 1.35 bits per heavy atom. The quantitative estimate of drug-likeness (QED) is 0.937. The highest BCUT2D eigenvalue weighted by Gasteiger charge is 2.14. The molecule has 0 bridgehead atoms. The van der Waals surface area contributed by atoms with Crippen LogP contribution in [0.15, 0.2) is 28.7 Å². The van der Waals surface area contributed by atoms with E-state index in [0.717, 1.165) is 21.6 Å². The molecule has 0 radical (unpaired) electrons. The van der Waals surface area contributed by atoms with Crippen LogP contribution in [0.3, 0.4) is 0 Å². The maximum atomic E-state index is 6.26. The molecule has 2 aromatic rings. The van der Waals surface area contributed by atoms with Crippen LogP contribution in [0.5, 0.6) is 0 Å². The van der Waals surface area contributed by atoms with Gasteiger partial charge in [-0.15, -0.1) is 11.3 Å². The van der Waals surface area contributed by atoms with Gasteiger partial charge in [-0.1, -0.05) is 34.1 Å². The zero-order valence-electron chi connectivity index (χ0n) is 9.90. The number of thiazole rings is 1. The number of benzene rings is 1. The molecule has 0 saturated heterocycles. The smallest absolute Gasteiger partial charge is 0.0900 e. The van der Waals surface area contributed by atoms with Crippen molar-refractivity contribution < 1.29 is 0 Å². The summed E-state index contributed by atoms with van der Waals surface area (Å²) in [6.07, 6.45) is 0.837. The Labute approximate surface area is 114 Å². The molecule has 0 aliphatic rings. The lowest BCUT2D eigenvalue weighted by Crippen LogP contribution is -2.13. The highest BCUT2D eigenvalue weighted by Crippen LogP contribution is 2.27. The summed E-state index contributed by atoms with van der Waals surface area (Å²) in [6.45, 7) is 4.05. The maximum Gasteiger partial charge on any atom is 0.0900 e. The lowest BCUT2D eigenvalue weighted by Gasteiger charge is -2.11. The summed E-state index contributed by atoms with van der Waals surface area (Å²) in [5, 5.41) is 1.08. The standard InChI is InChI=1S/C13H15BrN2S/c1-8-13(17-9(2)16-8)12(15)7-10-5-3-4-6-11(10)14/h3-6,12H,7,15H2,1-2H3. The molecule has 1 unspecified atom stereocenters. The number of aromatic nitrogens is 1. The highest BCUT2D eigenvalue weighted by molar-refractivity contribution is 9.10. The van der Waals surface area contributed by atoms with Gasteiger partial charge in [-0.25, -0.2) is 4.98 Å². The van der Waals surface area contributed by atoms with Crippen molar-refractivity contribution >= 4 is 27.3 Å². The number of hydrogen-bond donors (Lipinski definition) is 1. The van der Waals surface area contributed by atoms with E-state index in [1.807, 2.05) is 32.0 Å². The molecule has 2 nitrogen and oxygen atoms in total. The summed E-state index contributed by atoms with van der Waals surface area (Å²) in [4.78, 5) is 5.62. The SMILES string of the molecule is Cc1nc(C)c(C(N)Cc2ccccc2Br)s1. The predicted octanol–water partition coefficient (Wildman–Crippen LogP) is 3.76. The van der Waals surface area contributed by atoms with E-state index in [1.54, 1.807) is 11.3 Å². The van der Waals surface area contributed by atoms with Crippen LogP contribution in [0, 0.1) is 13.8 Å². The molecule has 90 valence electrons. The minimum atomic E-state index is 0.0277. The Bertz CT molecular complexity index is 522. The normalized spacial score (nSPS) is 12.7. The average Bonchev–Trinajstić information content (AvgIpc) is 2.61. The van der Waals surface area contributed by atoms with Crippen LogP contribution in [-0.4, -0.2) is 4.98 Å². The van der Waals surface area contributed by atoms with Crippen LogP contribution in [0.2, 0.25) is 0 Å². The van der Waals surface area contributed by atoms with Gasteiger partial charge in [-0.3, -0.25) is 0 Å². The van der Waals surface area contributed by atoms with Crippen LogP contribution in [0.25, 0.3) is 0 Å². The summed E-state index contributed by atoms with van der Waals surface area (Å²) in [6, 6.07) is 8.23. The predicted molar refractivity (Wildman–Crippen MR) is 76.4 cm³/mol. The van der Waals surface area contributed by atoms with Crippen LogP contribution >= 0.6 is 27.3 Å². The largest absolute Gasteiger partial charge is 0.323 e. The van der Waals surface area contributed by atoms with E-state index in [4.69, 9.17) is 5.73 Å². The minimum absolute atomic E-state index is 0.0277. The average molecular weight is 311 g/mol. The third kappa shape index (κ3) is 2.94. The Balaban J connectivity index is 2.20. The Morgan fingerprint density at radius 3 is 2.65 bits per heavy atom. The summed E-state index contributed by atoms with van der Waals surface area (Å²) in [5.74, 6) is 0. The molecule has 2 N–H and O–H groups in total. The molecular formula is C13H15BrN2S. The van der Waals surface area contributed by atoms with Gasteiger partial charge in [0.1, 0.15) is 0 Å². The summed E-state index contributed by atoms with van der Waals surface area (Å²) < 4.78 is 1.12. The second kappa shape index (κ2) is 5.29. The Kier molecular flexibility index (Phi) is 3.97. The van der Waals surface area contributed by atoms with Gasteiger partial charge in [0.05, 0.1) is 10.7 Å². The van der Waals surface area contributed by atoms with E-state index < -0.39 is 0 Å². The highest BCUT2D eigenvalue weighted by atomic mass is 79.9. The molecule has 17 heavy (non-hydrogen) atoms. The second-order valence-electron chi connectivity index (χ2n) is 4.08. The topological polar surface area (TPSA) is 38.9 Å². The van der Waals surface area contributed by atoms with E-state index in [9.17, 15) is 0 Å². The molecule has 0 aliphatic heterocycles. The van der Waals surface area contributed by atoms with Crippen molar-refractivity contribution in [2.45, 2.75) is 26.3 Å². The van der Waals surface area contributed by atoms with Crippen molar-refractivity contribution in [1.29, 1.82) is 0 Å². The fraction of sp³-hybridized carbons (Fsp3) is 0.308. The van der Waals surface area contributed by atoms with Crippen molar-refractivity contribution in [2.24, 2.45) is 5.73 Å². The fourth-order valence-corrected chi connectivity index (χ4v) is 3.26. The summed E-state index contributed by atoms with van der Waals surface area (Å²) in [5.41, 5.74) is 8.56. The van der Waals surface area contributed by atoms with Gasteiger partial charge in [0, 0.05) is 15.4 Å². The molecule has 0 aliphatic carbocycles. The summed E-state index contributed by atoms with van der Waals surface area (Å²) >= 11 is 5.25. The summed E-state index contributed by atoms with van der Waals surface area (Å²) in [7, 11) is 0. The lowest BCUT2D eigenvalue weighted by atomic mass is 10.0. The molecule has 0 saturated carbocycles. The van der Waals surface area contributed by atoms with Gasteiger partial charge in [0.2, 0.25) is 0 Å². The minimum Gasteiger partial charge on any atom is -0.323 e. The van der Waals surface area contributed by atoms with E-state index in [1.165, 1.54) is 10.4 Å². The molecule has 2 rings (SSSR count). The van der Waals surface area contributed by atoms with Crippen molar-refractivity contribution in [1.82, 2.24) is 4.98 Å². The number of nitrogens with two attached hydrogens (primary N) is 1. The van der Waals surface area contributed by atoms with Crippen LogP contribution in [0.1, 0.15) is 27.2 Å². The third-order valence-electron chi connectivity index (χ3n) is 2.67. The maximum absolute atomic E-state index is 6.26. The number of rotatable bonds is 3. The molecule has 4 heteroatoms. The molecule has 0 amide bonds. The zero-order valence-corrected chi connectivity index (χ0v) is 12.3. The lowest BCUT2D eigenvalue weighted by molar-refractivity contribution is 0.726. The fourth-order valence-electron chi connectivity index (χ4n) is 1.88. The molecule has 1 aromatic heterocycles. The first-order chi connectivity index (χ1) is 8.08. The van der Waals surface area contributed by atoms with Crippen molar-refractivity contribution in [3.05, 3.63) is 49.9 Å². The van der Waals surface area contributed by atoms with Gasteiger partial charge >= 0.3 is 0 Å². The van der Waals surface area contributed by atoms with E-state index in [-0.39, 0.29) is 6.04 Å². The Morgan fingerprint density at radius 2 is 2.06 bits per heavy atom. The van der Waals surface area contributed by atoms with E-state index in [2.05, 4.69) is 27.0 Å². The number of aryl methyl sites for hydroxylation is 2. The van der Waals surface area contributed by atoms with Gasteiger partial charge in [0.15, 0.2) is 0 Å². The first-order valence-electron chi connectivity index (χ1n) is 5.51. The number of nitrogens with zero attached hydrogens (tertiary/aromatic N) is 1. The van der Waals surface area contributed by atoms with E-state index >= 15 is 0 Å². The van der Waals surface area contributed by atoms with Crippen LogP contribution < -0.4 is 5.73 Å². The first-order valence-corrected chi connectivity index (χ1v) is 7.12. The molecule has 1 aromatic carbocycles.